The number of benzene rings is 3. The summed E-state index contributed by atoms with van der Waals surface area (Å²) in [5.74, 6) is 0.308. The zero-order valence-electron chi connectivity index (χ0n) is 23.2. The first-order valence-corrected chi connectivity index (χ1v) is 13.4. The molecule has 0 saturated carbocycles. The Hall–Kier alpha value is -4.14. The second-order valence-electron chi connectivity index (χ2n) is 9.52. The van der Waals surface area contributed by atoms with E-state index in [1.807, 2.05) is 79.0 Å². The molecule has 0 aliphatic rings. The maximum atomic E-state index is 13.7. The Morgan fingerprint density at radius 1 is 0.800 bits per heavy atom. The number of amides is 2. The maximum absolute atomic E-state index is 13.7. The lowest BCUT2D eigenvalue weighted by molar-refractivity contribution is -0.144. The Labute approximate surface area is 235 Å². The van der Waals surface area contributed by atoms with Crippen molar-refractivity contribution in [3.63, 3.8) is 0 Å². The van der Waals surface area contributed by atoms with Crippen LogP contribution in [0.15, 0.2) is 85.1 Å². The number of ether oxygens (including phenoxy) is 3. The van der Waals surface area contributed by atoms with E-state index in [9.17, 15) is 9.59 Å². The molecule has 1 N–H and O–H groups in total. The van der Waals surface area contributed by atoms with Crippen LogP contribution in [0.5, 0.6) is 5.75 Å². The number of rotatable bonds is 15. The summed E-state index contributed by atoms with van der Waals surface area (Å²) < 4.78 is 16.4. The highest BCUT2D eigenvalue weighted by atomic mass is 16.5. The largest absolute Gasteiger partial charge is 0.496 e. The summed E-state index contributed by atoms with van der Waals surface area (Å²) in [4.78, 5) is 33.5. The minimum Gasteiger partial charge on any atom is -0.496 e. The smallest absolute Gasteiger partial charge is 0.249 e. The third-order valence-electron chi connectivity index (χ3n) is 6.81. The average Bonchev–Trinajstić information content (AvgIpc) is 3.41. The molecule has 8 nitrogen and oxygen atoms in total. The highest BCUT2D eigenvalue weighted by molar-refractivity contribution is 5.86. The molecule has 0 saturated heterocycles. The fourth-order valence-corrected chi connectivity index (χ4v) is 4.60. The lowest BCUT2D eigenvalue weighted by atomic mass is 10.1. The zero-order valence-corrected chi connectivity index (χ0v) is 23.2. The molecule has 210 valence electrons. The van der Waals surface area contributed by atoms with Crippen LogP contribution in [0.3, 0.4) is 0 Å². The van der Waals surface area contributed by atoms with Gasteiger partial charge in [0, 0.05) is 49.4 Å². The minimum atomic E-state index is -0.254. The van der Waals surface area contributed by atoms with Gasteiger partial charge in [0.1, 0.15) is 12.4 Å². The van der Waals surface area contributed by atoms with E-state index in [0.717, 1.165) is 27.6 Å². The Morgan fingerprint density at radius 2 is 1.55 bits per heavy atom. The van der Waals surface area contributed by atoms with E-state index in [1.165, 1.54) is 4.90 Å². The van der Waals surface area contributed by atoms with Crippen molar-refractivity contribution in [3.8, 4) is 5.75 Å². The highest BCUT2D eigenvalue weighted by Gasteiger charge is 2.23. The van der Waals surface area contributed by atoms with Gasteiger partial charge in [-0.25, -0.2) is 0 Å². The van der Waals surface area contributed by atoms with Crippen molar-refractivity contribution in [2.24, 2.45) is 0 Å². The summed E-state index contributed by atoms with van der Waals surface area (Å²) in [6, 6.07) is 25.5. The Balaban J connectivity index is 1.47. The van der Waals surface area contributed by atoms with E-state index in [-0.39, 0.29) is 25.0 Å². The van der Waals surface area contributed by atoms with Crippen molar-refractivity contribution in [3.05, 3.63) is 102 Å². The van der Waals surface area contributed by atoms with Gasteiger partial charge in [-0.1, -0.05) is 66.7 Å². The highest BCUT2D eigenvalue weighted by Crippen LogP contribution is 2.22. The fraction of sp³-hybridized carbons (Fsp3) is 0.312. The molecule has 1 heterocycles. The molecule has 0 unspecified atom stereocenters. The number of nitrogens with one attached hydrogen (secondary N) is 1. The molecule has 0 fully saturated rings. The molecule has 4 aromatic rings. The van der Waals surface area contributed by atoms with Crippen LogP contribution in [-0.2, 0) is 38.6 Å². The summed E-state index contributed by atoms with van der Waals surface area (Å²) >= 11 is 0. The van der Waals surface area contributed by atoms with E-state index in [4.69, 9.17) is 14.2 Å². The third kappa shape index (κ3) is 7.94. The third-order valence-corrected chi connectivity index (χ3v) is 6.81. The van der Waals surface area contributed by atoms with Crippen LogP contribution >= 0.6 is 0 Å². The SMILES string of the molecule is COCCN(CC(=O)N(CCc1c[nH]c2ccccc12)Cc1ccccc1OC)C(=O)COCc1ccccc1. The molecular weight excluding hydrogens is 506 g/mol. The van der Waals surface area contributed by atoms with Crippen molar-refractivity contribution < 1.29 is 23.8 Å². The first kappa shape index (κ1) is 28.9. The van der Waals surface area contributed by atoms with E-state index in [0.29, 0.717) is 45.0 Å². The molecule has 40 heavy (non-hydrogen) atoms. The number of nitrogens with zero attached hydrogens (tertiary/aromatic N) is 2. The number of para-hydroxylation sites is 2. The number of H-pyrrole nitrogens is 1. The lowest BCUT2D eigenvalue weighted by Crippen LogP contribution is -2.45. The molecule has 1 aromatic heterocycles. The van der Waals surface area contributed by atoms with Crippen molar-refractivity contribution in [2.75, 3.05) is 47.1 Å². The van der Waals surface area contributed by atoms with Crippen LogP contribution in [0.1, 0.15) is 16.7 Å². The van der Waals surface area contributed by atoms with Crippen LogP contribution in [0.4, 0.5) is 0 Å². The van der Waals surface area contributed by atoms with Crippen molar-refractivity contribution >= 4 is 22.7 Å². The lowest BCUT2D eigenvalue weighted by Gasteiger charge is -2.28. The van der Waals surface area contributed by atoms with Gasteiger partial charge in [0.2, 0.25) is 11.8 Å². The van der Waals surface area contributed by atoms with E-state index in [1.54, 1.807) is 19.1 Å². The number of carbonyl (C=O) groups excluding carboxylic acids is 2. The normalized spacial score (nSPS) is 10.9. The molecule has 0 bridgehead atoms. The van der Waals surface area contributed by atoms with Gasteiger partial charge in [-0.05, 0) is 29.7 Å². The van der Waals surface area contributed by atoms with Crippen LogP contribution in [0.2, 0.25) is 0 Å². The first-order valence-electron chi connectivity index (χ1n) is 13.4. The Bertz CT molecular complexity index is 1370. The van der Waals surface area contributed by atoms with E-state index >= 15 is 0 Å². The first-order chi connectivity index (χ1) is 19.6. The van der Waals surface area contributed by atoms with Crippen LogP contribution in [0, 0.1) is 0 Å². The summed E-state index contributed by atoms with van der Waals surface area (Å²) in [5, 5.41) is 1.14. The second kappa shape index (κ2) is 14.9. The van der Waals surface area contributed by atoms with Gasteiger partial charge in [0.25, 0.3) is 0 Å². The number of methoxy groups -OCH3 is 2. The van der Waals surface area contributed by atoms with Crippen LogP contribution < -0.4 is 4.74 Å². The molecule has 2 amide bonds. The van der Waals surface area contributed by atoms with Gasteiger partial charge in [-0.3, -0.25) is 9.59 Å². The Kier molecular flexibility index (Phi) is 10.7. The molecular formula is C32H37N3O5. The van der Waals surface area contributed by atoms with Crippen LogP contribution in [0.25, 0.3) is 10.9 Å². The Morgan fingerprint density at radius 3 is 2.35 bits per heavy atom. The number of carbonyl (C=O) groups is 2. The van der Waals surface area contributed by atoms with Crippen molar-refractivity contribution in [1.82, 2.24) is 14.8 Å². The van der Waals surface area contributed by atoms with Gasteiger partial charge in [-0.2, -0.15) is 0 Å². The molecule has 0 aliphatic carbocycles. The topological polar surface area (TPSA) is 84.1 Å². The number of hydrogen-bond donors (Lipinski definition) is 1. The average molecular weight is 544 g/mol. The number of hydrogen-bond acceptors (Lipinski definition) is 5. The van der Waals surface area contributed by atoms with Gasteiger partial charge < -0.3 is 29.0 Å². The molecule has 0 spiro atoms. The summed E-state index contributed by atoms with van der Waals surface area (Å²) in [6.07, 6.45) is 2.66. The predicted octanol–water partition coefficient (Wildman–Crippen LogP) is 4.44. The number of aromatic amines is 1. The standard InChI is InChI=1S/C32H37N3O5/c1-38-19-18-35(32(37)24-40-23-25-10-4-3-5-11-25)22-31(36)34(21-27-12-6-9-15-30(27)39-2)17-16-26-20-33-29-14-8-7-13-28(26)29/h3-15,20,33H,16-19,21-24H2,1-2H3. The monoisotopic (exact) mass is 543 g/mol. The minimum absolute atomic E-state index is 0.0695. The van der Waals surface area contributed by atoms with Gasteiger partial charge in [0.15, 0.2) is 0 Å². The van der Waals surface area contributed by atoms with Crippen molar-refractivity contribution in [1.29, 1.82) is 0 Å². The summed E-state index contributed by atoms with van der Waals surface area (Å²) in [7, 11) is 3.20. The quantitative estimate of drug-likeness (QED) is 0.240. The van der Waals surface area contributed by atoms with Crippen LogP contribution in [-0.4, -0.2) is 73.7 Å². The molecule has 0 radical (unpaired) electrons. The van der Waals surface area contributed by atoms with Gasteiger partial charge >= 0.3 is 0 Å². The molecule has 8 heteroatoms. The molecule has 4 rings (SSSR count). The summed E-state index contributed by atoms with van der Waals surface area (Å²) in [5.41, 5.74) is 4.08. The number of fused-ring (bicyclic) bond motifs is 1. The molecule has 0 atom stereocenters. The summed E-state index contributed by atoms with van der Waals surface area (Å²) in [6.45, 7) is 1.59. The maximum Gasteiger partial charge on any atom is 0.249 e. The number of aromatic nitrogens is 1. The zero-order chi connectivity index (χ0) is 28.2. The molecule has 3 aromatic carbocycles. The molecule has 0 aliphatic heterocycles. The van der Waals surface area contributed by atoms with Gasteiger partial charge in [-0.15, -0.1) is 0 Å². The fourth-order valence-electron chi connectivity index (χ4n) is 4.60. The predicted molar refractivity (Wildman–Crippen MR) is 155 cm³/mol. The second-order valence-corrected chi connectivity index (χ2v) is 9.52. The van der Waals surface area contributed by atoms with Crippen molar-refractivity contribution in [2.45, 2.75) is 19.6 Å². The van der Waals surface area contributed by atoms with E-state index < -0.39 is 0 Å². The van der Waals surface area contributed by atoms with E-state index in [2.05, 4.69) is 11.1 Å². The van der Waals surface area contributed by atoms with Gasteiger partial charge in [0.05, 0.1) is 26.9 Å².